The van der Waals surface area contributed by atoms with Gasteiger partial charge in [0.25, 0.3) is 0 Å². The lowest BCUT2D eigenvalue weighted by atomic mass is 10.2. The number of halogens is 3. The van der Waals surface area contributed by atoms with E-state index in [1.165, 1.54) is 18.1 Å². The molecule has 2 rings (SSSR count). The van der Waals surface area contributed by atoms with Crippen molar-refractivity contribution in [2.75, 3.05) is 39.3 Å². The molecule has 0 bridgehead atoms. The molecule has 152 valence electrons. The van der Waals surface area contributed by atoms with Gasteiger partial charge in [-0.2, -0.15) is 13.2 Å². The predicted octanol–water partition coefficient (Wildman–Crippen LogP) is 1.43. The van der Waals surface area contributed by atoms with Crippen molar-refractivity contribution in [3.8, 4) is 0 Å². The fourth-order valence-corrected chi connectivity index (χ4v) is 2.76. The van der Waals surface area contributed by atoms with Crippen molar-refractivity contribution < 1.29 is 22.4 Å². The molecule has 1 aromatic heterocycles. The van der Waals surface area contributed by atoms with Crippen molar-refractivity contribution in [1.82, 2.24) is 20.4 Å². The van der Waals surface area contributed by atoms with Gasteiger partial charge in [0.2, 0.25) is 5.91 Å². The van der Waals surface area contributed by atoms with Crippen molar-refractivity contribution in [2.45, 2.75) is 32.6 Å². The molecule has 1 fully saturated rings. The minimum atomic E-state index is -4.23. The number of piperazine rings is 1. The average Bonchev–Trinajstić information content (AvgIpc) is 3.16. The summed E-state index contributed by atoms with van der Waals surface area (Å²) in [5.74, 6) is 0.922. The number of carbonyl (C=O) groups is 1. The number of rotatable bonds is 6. The van der Waals surface area contributed by atoms with Gasteiger partial charge in [-0.05, 0) is 26.0 Å². The molecule has 0 radical (unpaired) electrons. The molecule has 10 heteroatoms. The Morgan fingerprint density at radius 2 is 2.00 bits per heavy atom. The number of aliphatic imine (C=N–C) groups is 1. The van der Waals surface area contributed by atoms with Gasteiger partial charge in [-0.1, -0.05) is 0 Å². The van der Waals surface area contributed by atoms with E-state index in [1.807, 2.05) is 11.8 Å². The molecule has 0 aliphatic carbocycles. The predicted molar refractivity (Wildman–Crippen MR) is 95.2 cm³/mol. The smallest absolute Gasteiger partial charge is 0.403 e. The standard InChI is InChI=1S/C17H26F3N5O2/c1-3-21-16(23-12-15(26)22-11-14-5-4-10-27-14)25-8-6-24(7-9-25)13(2)17(18,19)20/h4-5,10,13H,3,6-9,11-12H2,1-2H3,(H,21,23)(H,22,26). The van der Waals surface area contributed by atoms with Gasteiger partial charge in [0.1, 0.15) is 18.3 Å². The molecule has 1 amide bonds. The van der Waals surface area contributed by atoms with Crippen LogP contribution in [0.15, 0.2) is 27.8 Å². The topological polar surface area (TPSA) is 73.1 Å². The van der Waals surface area contributed by atoms with Gasteiger partial charge in [0.15, 0.2) is 5.96 Å². The first-order valence-electron chi connectivity index (χ1n) is 8.94. The van der Waals surface area contributed by atoms with E-state index in [1.54, 1.807) is 12.1 Å². The minimum Gasteiger partial charge on any atom is -0.467 e. The molecule has 1 aliphatic heterocycles. The van der Waals surface area contributed by atoms with E-state index in [9.17, 15) is 18.0 Å². The molecule has 27 heavy (non-hydrogen) atoms. The first-order valence-corrected chi connectivity index (χ1v) is 8.94. The van der Waals surface area contributed by atoms with Crippen LogP contribution in [0.3, 0.4) is 0 Å². The van der Waals surface area contributed by atoms with Crippen LogP contribution in [0.5, 0.6) is 0 Å². The molecular weight excluding hydrogens is 363 g/mol. The fourth-order valence-electron chi connectivity index (χ4n) is 2.76. The highest BCUT2D eigenvalue weighted by Crippen LogP contribution is 2.25. The molecule has 7 nitrogen and oxygen atoms in total. The number of guanidine groups is 1. The maximum absolute atomic E-state index is 12.9. The first kappa shape index (κ1) is 21.1. The van der Waals surface area contributed by atoms with E-state index in [0.29, 0.717) is 31.4 Å². The first-order chi connectivity index (χ1) is 12.8. The second-order valence-electron chi connectivity index (χ2n) is 6.27. The molecule has 1 aliphatic rings. The van der Waals surface area contributed by atoms with Crippen LogP contribution in [0.2, 0.25) is 0 Å². The van der Waals surface area contributed by atoms with Crippen molar-refractivity contribution in [1.29, 1.82) is 0 Å². The van der Waals surface area contributed by atoms with Gasteiger partial charge < -0.3 is 20.0 Å². The van der Waals surface area contributed by atoms with Crippen LogP contribution >= 0.6 is 0 Å². The van der Waals surface area contributed by atoms with Gasteiger partial charge in [-0.3, -0.25) is 9.69 Å². The molecule has 0 saturated carbocycles. The normalized spacial score (nSPS) is 17.7. The van der Waals surface area contributed by atoms with E-state index in [-0.39, 0.29) is 32.1 Å². The fraction of sp³-hybridized carbons (Fsp3) is 0.647. The lowest BCUT2D eigenvalue weighted by Crippen LogP contribution is -2.56. The average molecular weight is 389 g/mol. The third kappa shape index (κ3) is 6.46. The molecule has 1 atom stereocenters. The third-order valence-electron chi connectivity index (χ3n) is 4.38. The largest absolute Gasteiger partial charge is 0.467 e. The maximum Gasteiger partial charge on any atom is 0.403 e. The lowest BCUT2D eigenvalue weighted by molar-refractivity contribution is -0.181. The Kier molecular flexibility index (Phi) is 7.52. The lowest BCUT2D eigenvalue weighted by Gasteiger charge is -2.39. The Labute approximate surface area is 156 Å². The highest BCUT2D eigenvalue weighted by atomic mass is 19.4. The van der Waals surface area contributed by atoms with Crippen LogP contribution in [-0.2, 0) is 11.3 Å². The second kappa shape index (κ2) is 9.63. The summed E-state index contributed by atoms with van der Waals surface area (Å²) in [6.45, 7) is 5.30. The Hall–Kier alpha value is -2.23. The van der Waals surface area contributed by atoms with Gasteiger partial charge in [0.05, 0.1) is 12.8 Å². The Balaban J connectivity index is 1.85. The highest BCUT2D eigenvalue weighted by Gasteiger charge is 2.41. The number of nitrogens with zero attached hydrogens (tertiary/aromatic N) is 3. The van der Waals surface area contributed by atoms with E-state index < -0.39 is 12.2 Å². The van der Waals surface area contributed by atoms with Crippen molar-refractivity contribution >= 4 is 11.9 Å². The Morgan fingerprint density at radius 3 is 2.56 bits per heavy atom. The number of hydrogen-bond acceptors (Lipinski definition) is 4. The third-order valence-corrected chi connectivity index (χ3v) is 4.38. The van der Waals surface area contributed by atoms with Crippen LogP contribution in [0, 0.1) is 0 Å². The van der Waals surface area contributed by atoms with E-state index >= 15 is 0 Å². The summed E-state index contributed by atoms with van der Waals surface area (Å²) in [5.41, 5.74) is 0. The van der Waals surface area contributed by atoms with Gasteiger partial charge >= 0.3 is 6.18 Å². The SMILES string of the molecule is CCNC(=NCC(=O)NCc1ccco1)N1CCN(C(C)C(F)(F)F)CC1. The summed E-state index contributed by atoms with van der Waals surface area (Å²) in [7, 11) is 0. The molecule has 1 unspecified atom stereocenters. The zero-order valence-corrected chi connectivity index (χ0v) is 15.6. The van der Waals surface area contributed by atoms with E-state index in [4.69, 9.17) is 4.42 Å². The van der Waals surface area contributed by atoms with Crippen molar-refractivity contribution in [3.63, 3.8) is 0 Å². The van der Waals surface area contributed by atoms with Crippen LogP contribution in [0.25, 0.3) is 0 Å². The zero-order valence-electron chi connectivity index (χ0n) is 15.6. The zero-order chi connectivity index (χ0) is 19.9. The number of carbonyl (C=O) groups excluding carboxylic acids is 1. The van der Waals surface area contributed by atoms with Crippen LogP contribution in [0.1, 0.15) is 19.6 Å². The number of nitrogens with one attached hydrogen (secondary N) is 2. The van der Waals surface area contributed by atoms with Crippen LogP contribution in [0.4, 0.5) is 13.2 Å². The monoisotopic (exact) mass is 389 g/mol. The van der Waals surface area contributed by atoms with Crippen molar-refractivity contribution in [3.05, 3.63) is 24.2 Å². The van der Waals surface area contributed by atoms with Crippen LogP contribution < -0.4 is 10.6 Å². The summed E-state index contributed by atoms with van der Waals surface area (Å²) in [4.78, 5) is 19.5. The second-order valence-corrected chi connectivity index (χ2v) is 6.27. The Morgan fingerprint density at radius 1 is 1.30 bits per heavy atom. The molecule has 0 spiro atoms. The summed E-state index contributed by atoms with van der Waals surface area (Å²) >= 11 is 0. The number of alkyl halides is 3. The summed E-state index contributed by atoms with van der Waals surface area (Å²) in [6, 6.07) is 2.03. The number of furan rings is 1. The van der Waals surface area contributed by atoms with Crippen molar-refractivity contribution in [2.24, 2.45) is 4.99 Å². The summed E-state index contributed by atoms with van der Waals surface area (Å²) in [6.07, 6.45) is -2.70. The van der Waals surface area contributed by atoms with Gasteiger partial charge in [-0.15, -0.1) is 0 Å². The Bertz CT molecular complexity index is 611. The number of hydrogen-bond donors (Lipinski definition) is 2. The highest BCUT2D eigenvalue weighted by molar-refractivity contribution is 5.85. The number of amides is 1. The van der Waals surface area contributed by atoms with E-state index in [0.717, 1.165) is 0 Å². The molecule has 2 N–H and O–H groups in total. The molecule has 1 aromatic rings. The quantitative estimate of drug-likeness (QED) is 0.569. The molecule has 2 heterocycles. The van der Waals surface area contributed by atoms with Gasteiger partial charge in [-0.25, -0.2) is 4.99 Å². The molecular formula is C17H26F3N5O2. The van der Waals surface area contributed by atoms with Crippen LogP contribution in [-0.4, -0.2) is 73.2 Å². The maximum atomic E-state index is 12.9. The summed E-state index contributed by atoms with van der Waals surface area (Å²) in [5, 5.41) is 5.79. The minimum absolute atomic E-state index is 0.0673. The molecule has 0 aromatic carbocycles. The van der Waals surface area contributed by atoms with E-state index in [2.05, 4.69) is 15.6 Å². The molecule has 1 saturated heterocycles. The van der Waals surface area contributed by atoms with Gasteiger partial charge in [0, 0.05) is 32.7 Å². The summed E-state index contributed by atoms with van der Waals surface area (Å²) < 4.78 is 43.7.